The molecule has 0 aliphatic carbocycles. The minimum Gasteiger partial charge on any atom is -0.294 e. The van der Waals surface area contributed by atoms with Crippen molar-refractivity contribution in [3.63, 3.8) is 0 Å². The second-order valence-electron chi connectivity index (χ2n) is 4.36. The van der Waals surface area contributed by atoms with E-state index in [-0.39, 0.29) is 15.4 Å². The Morgan fingerprint density at radius 1 is 0.900 bits per heavy atom. The van der Waals surface area contributed by atoms with Gasteiger partial charge in [-0.3, -0.25) is 4.79 Å². The van der Waals surface area contributed by atoms with E-state index in [0.717, 1.165) is 11.1 Å². The Morgan fingerprint density at radius 2 is 1.45 bits per heavy atom. The normalized spacial score (nSPS) is 14.1. The fourth-order valence-corrected chi connectivity index (χ4v) is 2.81. The number of carbonyl (C=O) groups is 1. The summed E-state index contributed by atoms with van der Waals surface area (Å²) in [5, 5.41) is 0. The van der Waals surface area contributed by atoms with E-state index < -0.39 is 0 Å². The van der Waals surface area contributed by atoms with E-state index in [2.05, 4.69) is 31.9 Å². The lowest BCUT2D eigenvalue weighted by atomic mass is 10.1. The van der Waals surface area contributed by atoms with E-state index in [9.17, 15) is 4.79 Å². The van der Waals surface area contributed by atoms with Crippen LogP contribution in [0.4, 0.5) is 0 Å². The lowest BCUT2D eigenvalue weighted by Gasteiger charge is -2.14. The van der Waals surface area contributed by atoms with E-state index in [4.69, 9.17) is 0 Å². The molecule has 0 saturated carbocycles. The van der Waals surface area contributed by atoms with Gasteiger partial charge in [0, 0.05) is 0 Å². The van der Waals surface area contributed by atoms with Crippen LogP contribution < -0.4 is 0 Å². The average molecular weight is 394 g/mol. The molecule has 2 rings (SSSR count). The van der Waals surface area contributed by atoms with Crippen molar-refractivity contribution in [2.75, 3.05) is 0 Å². The molecular formula is C17H14Br2O. The molecule has 0 heterocycles. The standard InChI is InChI=1S/C17H14Br2O/c18-16(14-9-5-2-6-10-14)17(19)15(20)12-11-13-7-3-1-4-8-13/h1-12,16-17H/b12-11+. The van der Waals surface area contributed by atoms with Crippen LogP contribution in [0.1, 0.15) is 16.0 Å². The maximum absolute atomic E-state index is 12.2. The van der Waals surface area contributed by atoms with Crippen molar-refractivity contribution in [2.24, 2.45) is 0 Å². The molecule has 0 radical (unpaired) electrons. The first-order valence-electron chi connectivity index (χ1n) is 6.28. The molecule has 0 N–H and O–H groups in total. The molecule has 2 atom stereocenters. The van der Waals surface area contributed by atoms with Gasteiger partial charge in [0.05, 0.1) is 9.65 Å². The van der Waals surface area contributed by atoms with Gasteiger partial charge < -0.3 is 0 Å². The molecule has 0 fully saturated rings. The lowest BCUT2D eigenvalue weighted by Crippen LogP contribution is -2.16. The van der Waals surface area contributed by atoms with E-state index in [1.165, 1.54) is 0 Å². The van der Waals surface area contributed by atoms with Gasteiger partial charge in [0.25, 0.3) is 0 Å². The average Bonchev–Trinajstić information content (AvgIpc) is 2.53. The summed E-state index contributed by atoms with van der Waals surface area (Å²) in [5.41, 5.74) is 2.10. The summed E-state index contributed by atoms with van der Waals surface area (Å²) in [6.07, 6.45) is 3.45. The minimum atomic E-state index is -0.287. The SMILES string of the molecule is O=C(/C=C/c1ccccc1)C(Br)C(Br)c1ccccc1. The number of hydrogen-bond acceptors (Lipinski definition) is 1. The number of halogens is 2. The van der Waals surface area contributed by atoms with Gasteiger partial charge in [0.1, 0.15) is 0 Å². The van der Waals surface area contributed by atoms with Crippen molar-refractivity contribution in [3.8, 4) is 0 Å². The van der Waals surface area contributed by atoms with Crippen LogP contribution in [-0.4, -0.2) is 10.6 Å². The van der Waals surface area contributed by atoms with Crippen LogP contribution in [0.15, 0.2) is 66.7 Å². The van der Waals surface area contributed by atoms with Crippen LogP contribution in [0, 0.1) is 0 Å². The zero-order valence-corrected chi connectivity index (χ0v) is 13.9. The third-order valence-corrected chi connectivity index (χ3v) is 5.63. The Kier molecular flexibility index (Phi) is 5.74. The molecule has 0 aliphatic heterocycles. The largest absolute Gasteiger partial charge is 0.294 e. The molecule has 1 nitrogen and oxygen atoms in total. The number of rotatable bonds is 5. The van der Waals surface area contributed by atoms with Crippen molar-refractivity contribution < 1.29 is 4.79 Å². The van der Waals surface area contributed by atoms with Crippen molar-refractivity contribution in [1.29, 1.82) is 0 Å². The second kappa shape index (κ2) is 7.55. The first-order valence-corrected chi connectivity index (χ1v) is 8.11. The molecule has 2 aromatic carbocycles. The molecule has 0 aliphatic rings. The molecule has 2 aromatic rings. The predicted octanol–water partition coefficient (Wildman–Crippen LogP) is 5.17. The van der Waals surface area contributed by atoms with Gasteiger partial charge in [-0.15, -0.1) is 0 Å². The third kappa shape index (κ3) is 4.15. The minimum absolute atomic E-state index is 0.0413. The van der Waals surface area contributed by atoms with Gasteiger partial charge >= 0.3 is 0 Å². The van der Waals surface area contributed by atoms with Crippen LogP contribution in [-0.2, 0) is 4.79 Å². The van der Waals surface area contributed by atoms with Gasteiger partial charge in [-0.25, -0.2) is 0 Å². The van der Waals surface area contributed by atoms with Crippen LogP contribution in [0.2, 0.25) is 0 Å². The van der Waals surface area contributed by atoms with Crippen molar-refractivity contribution in [3.05, 3.63) is 77.9 Å². The fourth-order valence-electron chi connectivity index (χ4n) is 1.78. The highest BCUT2D eigenvalue weighted by Crippen LogP contribution is 2.31. The maximum Gasteiger partial charge on any atom is 0.170 e. The van der Waals surface area contributed by atoms with Crippen molar-refractivity contribution in [1.82, 2.24) is 0 Å². The van der Waals surface area contributed by atoms with Crippen LogP contribution in [0.5, 0.6) is 0 Å². The van der Waals surface area contributed by atoms with E-state index in [1.54, 1.807) is 6.08 Å². The molecule has 0 spiro atoms. The Bertz CT molecular complexity index is 578. The fraction of sp³-hybridized carbons (Fsp3) is 0.118. The van der Waals surface area contributed by atoms with E-state index in [0.29, 0.717) is 0 Å². The first-order chi connectivity index (χ1) is 9.68. The molecule has 3 heteroatoms. The first kappa shape index (κ1) is 15.2. The van der Waals surface area contributed by atoms with E-state index in [1.807, 2.05) is 66.7 Å². The summed E-state index contributed by atoms with van der Waals surface area (Å²) in [6, 6.07) is 19.7. The summed E-state index contributed by atoms with van der Waals surface area (Å²) in [4.78, 5) is 11.8. The third-order valence-electron chi connectivity index (χ3n) is 2.89. The Labute approximate surface area is 136 Å². The monoisotopic (exact) mass is 392 g/mol. The summed E-state index contributed by atoms with van der Waals surface area (Å²) in [7, 11) is 0. The van der Waals surface area contributed by atoms with E-state index >= 15 is 0 Å². The number of alkyl halides is 2. The van der Waals surface area contributed by atoms with Gasteiger partial charge in [0.2, 0.25) is 0 Å². The molecule has 102 valence electrons. The number of benzene rings is 2. The Balaban J connectivity index is 2.04. The van der Waals surface area contributed by atoms with Gasteiger partial charge in [-0.05, 0) is 17.2 Å². The van der Waals surface area contributed by atoms with Crippen LogP contribution in [0.3, 0.4) is 0 Å². The molecule has 0 aromatic heterocycles. The highest BCUT2D eigenvalue weighted by atomic mass is 79.9. The molecule has 2 unspecified atom stereocenters. The topological polar surface area (TPSA) is 17.1 Å². The van der Waals surface area contributed by atoms with Crippen molar-refractivity contribution in [2.45, 2.75) is 9.65 Å². The number of allylic oxidation sites excluding steroid dienone is 1. The summed E-state index contributed by atoms with van der Waals surface area (Å²) in [5.74, 6) is 0.0413. The Morgan fingerprint density at radius 3 is 2.05 bits per heavy atom. The van der Waals surface area contributed by atoms with Gasteiger partial charge in [-0.2, -0.15) is 0 Å². The van der Waals surface area contributed by atoms with Gasteiger partial charge in [0.15, 0.2) is 5.78 Å². The van der Waals surface area contributed by atoms with Crippen LogP contribution >= 0.6 is 31.9 Å². The summed E-state index contributed by atoms with van der Waals surface area (Å²) >= 11 is 7.05. The highest BCUT2D eigenvalue weighted by Gasteiger charge is 2.22. The zero-order valence-electron chi connectivity index (χ0n) is 10.7. The number of hydrogen-bond donors (Lipinski definition) is 0. The molecule has 20 heavy (non-hydrogen) atoms. The molecule has 0 saturated heterocycles. The highest BCUT2D eigenvalue weighted by molar-refractivity contribution is 9.12. The zero-order chi connectivity index (χ0) is 14.4. The quantitative estimate of drug-likeness (QED) is 0.505. The lowest BCUT2D eigenvalue weighted by molar-refractivity contribution is -0.113. The number of ketones is 1. The molecular weight excluding hydrogens is 380 g/mol. The van der Waals surface area contributed by atoms with Crippen LogP contribution in [0.25, 0.3) is 6.08 Å². The molecule has 0 amide bonds. The van der Waals surface area contributed by atoms with Gasteiger partial charge in [-0.1, -0.05) is 98.6 Å². The number of carbonyl (C=O) groups excluding carboxylic acids is 1. The molecule has 0 bridgehead atoms. The summed E-state index contributed by atoms with van der Waals surface area (Å²) in [6.45, 7) is 0. The second-order valence-corrected chi connectivity index (χ2v) is 6.33. The Hall–Kier alpha value is -1.19. The predicted molar refractivity (Wildman–Crippen MR) is 91.3 cm³/mol. The maximum atomic E-state index is 12.2. The van der Waals surface area contributed by atoms with Crippen molar-refractivity contribution >= 4 is 43.7 Å². The smallest absolute Gasteiger partial charge is 0.170 e. The summed E-state index contributed by atoms with van der Waals surface area (Å²) < 4.78 is 0.